The second-order valence-corrected chi connectivity index (χ2v) is 16.6. The van der Waals surface area contributed by atoms with Crippen molar-refractivity contribution in [3.63, 3.8) is 0 Å². The van der Waals surface area contributed by atoms with Gasteiger partial charge >= 0.3 is 0 Å². The van der Waals surface area contributed by atoms with Crippen LogP contribution in [-0.2, 0) is 0 Å². The SMILES string of the molecule is [C-]#[N+]c1ccccc1-c1ccc(-c2nc(-c3ccc(-c4ccccc4C#N)cc3)nc3c(-c4cc5ccccc5c5ccccc45)cc(-c4cc5ccccc5c5ccccc45)cc23)cc1. The first-order valence-electron chi connectivity index (χ1n) is 22.0. The Bertz CT molecular complexity index is 4000. The third-order valence-corrected chi connectivity index (χ3v) is 12.9. The summed E-state index contributed by atoms with van der Waals surface area (Å²) < 4.78 is 0. The van der Waals surface area contributed by atoms with Crippen molar-refractivity contribution in [2.45, 2.75) is 0 Å². The van der Waals surface area contributed by atoms with Crippen LogP contribution in [0.3, 0.4) is 0 Å². The van der Waals surface area contributed by atoms with E-state index < -0.39 is 0 Å². The largest absolute Gasteiger partial charge is 0.238 e. The van der Waals surface area contributed by atoms with Crippen molar-refractivity contribution in [3.05, 3.63) is 235 Å². The van der Waals surface area contributed by atoms with E-state index in [0.717, 1.165) is 83.0 Å². The van der Waals surface area contributed by atoms with E-state index in [1.54, 1.807) is 0 Å². The van der Waals surface area contributed by atoms with Crippen LogP contribution in [0, 0.1) is 17.9 Å². The van der Waals surface area contributed by atoms with Crippen molar-refractivity contribution in [3.8, 4) is 73.2 Å². The van der Waals surface area contributed by atoms with Crippen molar-refractivity contribution in [1.29, 1.82) is 5.26 Å². The zero-order valence-corrected chi connectivity index (χ0v) is 35.6. The molecule has 66 heavy (non-hydrogen) atoms. The molecule has 0 bridgehead atoms. The van der Waals surface area contributed by atoms with Gasteiger partial charge in [-0.05, 0) is 112 Å². The lowest BCUT2D eigenvalue weighted by molar-refractivity contribution is 1.23. The predicted molar refractivity (Wildman–Crippen MR) is 273 cm³/mol. The number of nitrogens with zero attached hydrogens (tertiary/aromatic N) is 4. The molecule has 0 aliphatic rings. The Morgan fingerprint density at radius 3 is 1.52 bits per heavy atom. The van der Waals surface area contributed by atoms with E-state index in [0.29, 0.717) is 17.1 Å². The van der Waals surface area contributed by atoms with Crippen LogP contribution in [0.15, 0.2) is 218 Å². The number of nitriles is 1. The molecule has 0 aliphatic carbocycles. The van der Waals surface area contributed by atoms with Crippen LogP contribution < -0.4 is 0 Å². The normalized spacial score (nSPS) is 11.3. The lowest BCUT2D eigenvalue weighted by Crippen LogP contribution is -1.99. The Kier molecular flexibility index (Phi) is 9.23. The molecule has 4 nitrogen and oxygen atoms in total. The highest BCUT2D eigenvalue weighted by Crippen LogP contribution is 2.45. The fraction of sp³-hybridized carbons (Fsp3) is 0. The first kappa shape index (κ1) is 38.5. The average Bonchev–Trinajstić information content (AvgIpc) is 3.40. The first-order valence-corrected chi connectivity index (χ1v) is 22.0. The molecule has 0 spiro atoms. The molecule has 0 amide bonds. The van der Waals surface area contributed by atoms with Gasteiger partial charge in [0.25, 0.3) is 0 Å². The van der Waals surface area contributed by atoms with E-state index in [2.05, 4.69) is 169 Å². The summed E-state index contributed by atoms with van der Waals surface area (Å²) in [4.78, 5) is 14.9. The number of hydrogen-bond donors (Lipinski definition) is 0. The second kappa shape index (κ2) is 15.8. The van der Waals surface area contributed by atoms with Gasteiger partial charge in [-0.25, -0.2) is 14.8 Å². The summed E-state index contributed by atoms with van der Waals surface area (Å²) in [6.07, 6.45) is 0. The van der Waals surface area contributed by atoms with Gasteiger partial charge in [-0.15, -0.1) is 0 Å². The van der Waals surface area contributed by atoms with Crippen LogP contribution in [-0.4, -0.2) is 9.97 Å². The molecule has 12 rings (SSSR count). The van der Waals surface area contributed by atoms with Crippen LogP contribution in [0.5, 0.6) is 0 Å². The minimum atomic E-state index is 0.593. The van der Waals surface area contributed by atoms with Gasteiger partial charge in [0.05, 0.1) is 29.4 Å². The van der Waals surface area contributed by atoms with E-state index >= 15 is 0 Å². The Hall–Kier alpha value is -9.22. The molecule has 0 radical (unpaired) electrons. The molecule has 304 valence electrons. The fourth-order valence-electron chi connectivity index (χ4n) is 9.77. The van der Waals surface area contributed by atoms with E-state index in [1.165, 1.54) is 32.3 Å². The highest BCUT2D eigenvalue weighted by Gasteiger charge is 2.21. The monoisotopic (exact) mass is 836 g/mol. The molecular formula is C62H36N4. The highest BCUT2D eigenvalue weighted by molar-refractivity contribution is 6.19. The van der Waals surface area contributed by atoms with Gasteiger partial charge < -0.3 is 0 Å². The summed E-state index contributed by atoms with van der Waals surface area (Å²) >= 11 is 0. The van der Waals surface area contributed by atoms with Crippen molar-refractivity contribution in [2.24, 2.45) is 0 Å². The molecule has 0 N–H and O–H groups in total. The van der Waals surface area contributed by atoms with E-state index in [4.69, 9.17) is 16.5 Å². The number of hydrogen-bond acceptors (Lipinski definition) is 3. The summed E-state index contributed by atoms with van der Waals surface area (Å²) in [5, 5.41) is 20.3. The minimum absolute atomic E-state index is 0.593. The number of benzene rings is 11. The van der Waals surface area contributed by atoms with Crippen LogP contribution in [0.25, 0.3) is 126 Å². The molecule has 0 fully saturated rings. The Balaban J connectivity index is 1.18. The van der Waals surface area contributed by atoms with Gasteiger partial charge in [-0.3, -0.25) is 0 Å². The molecule has 0 unspecified atom stereocenters. The summed E-state index contributed by atoms with van der Waals surface area (Å²) in [6, 6.07) is 78.3. The van der Waals surface area contributed by atoms with Gasteiger partial charge in [0.1, 0.15) is 0 Å². The van der Waals surface area contributed by atoms with Crippen LogP contribution in [0.4, 0.5) is 5.69 Å². The van der Waals surface area contributed by atoms with Crippen LogP contribution in [0.1, 0.15) is 5.56 Å². The second-order valence-electron chi connectivity index (χ2n) is 16.6. The zero-order valence-electron chi connectivity index (χ0n) is 35.6. The molecule has 0 aliphatic heterocycles. The van der Waals surface area contributed by atoms with Gasteiger partial charge in [-0.2, -0.15) is 5.26 Å². The quantitative estimate of drug-likeness (QED) is 0.124. The van der Waals surface area contributed by atoms with Crippen LogP contribution in [0.2, 0.25) is 0 Å². The molecule has 11 aromatic carbocycles. The maximum absolute atomic E-state index is 9.91. The third kappa shape index (κ3) is 6.45. The summed E-state index contributed by atoms with van der Waals surface area (Å²) in [6.45, 7) is 7.85. The van der Waals surface area contributed by atoms with E-state index in [1.807, 2.05) is 60.7 Å². The summed E-state index contributed by atoms with van der Waals surface area (Å²) in [5.41, 5.74) is 12.6. The molecular weight excluding hydrogens is 801 g/mol. The van der Waals surface area contributed by atoms with Crippen LogP contribution >= 0.6 is 0 Å². The van der Waals surface area contributed by atoms with E-state index in [9.17, 15) is 5.26 Å². The number of rotatable bonds is 6. The van der Waals surface area contributed by atoms with E-state index in [-0.39, 0.29) is 0 Å². The smallest absolute Gasteiger partial charge is 0.194 e. The van der Waals surface area contributed by atoms with Gasteiger partial charge in [-0.1, -0.05) is 188 Å². The number of fused-ring (bicyclic) bond motifs is 7. The zero-order chi connectivity index (χ0) is 44.1. The Morgan fingerprint density at radius 2 is 0.864 bits per heavy atom. The maximum atomic E-state index is 9.91. The molecule has 12 aromatic rings. The van der Waals surface area contributed by atoms with Crippen molar-refractivity contribution >= 4 is 59.7 Å². The topological polar surface area (TPSA) is 53.9 Å². The molecule has 1 heterocycles. The fourth-order valence-corrected chi connectivity index (χ4v) is 9.77. The number of para-hydroxylation sites is 1. The lowest BCUT2D eigenvalue weighted by atomic mass is 9.87. The molecule has 0 atom stereocenters. The standard InChI is InChI=1S/C62H36N4/c1-64-59-25-13-12-20-50(59)40-26-30-41(31-27-40)60-58-37-46(55-34-43-14-2-6-18-48(43)51-21-8-10-23-53(51)55)36-57(56-35-44-15-3-7-19-49(44)52-22-9-11-24-54(52)56)61(58)66-62(65-60)42-32-28-39(29-33-42)47-17-5-4-16-45(47)38-63/h2-37H. The molecule has 0 saturated heterocycles. The Labute approximate surface area is 381 Å². The van der Waals surface area contributed by atoms with Crippen molar-refractivity contribution in [2.75, 3.05) is 0 Å². The third-order valence-electron chi connectivity index (χ3n) is 12.9. The highest BCUT2D eigenvalue weighted by atomic mass is 14.9. The van der Waals surface area contributed by atoms with Gasteiger partial charge in [0.2, 0.25) is 0 Å². The maximum Gasteiger partial charge on any atom is 0.194 e. The van der Waals surface area contributed by atoms with Gasteiger partial charge in [0.15, 0.2) is 11.5 Å². The van der Waals surface area contributed by atoms with Crippen molar-refractivity contribution < 1.29 is 0 Å². The van der Waals surface area contributed by atoms with Gasteiger partial charge in [0, 0.05) is 22.1 Å². The molecule has 1 aromatic heterocycles. The average molecular weight is 837 g/mol. The van der Waals surface area contributed by atoms with Crippen molar-refractivity contribution in [1.82, 2.24) is 9.97 Å². The Morgan fingerprint density at radius 1 is 0.364 bits per heavy atom. The minimum Gasteiger partial charge on any atom is -0.238 e. The first-order chi connectivity index (χ1) is 32.6. The predicted octanol–water partition coefficient (Wildman–Crippen LogP) is 16.7. The number of aromatic nitrogens is 2. The molecule has 0 saturated carbocycles. The summed E-state index contributed by atoms with van der Waals surface area (Å²) in [5.74, 6) is 0.593. The molecule has 4 heteroatoms. The lowest BCUT2D eigenvalue weighted by Gasteiger charge is -2.19. The summed E-state index contributed by atoms with van der Waals surface area (Å²) in [7, 11) is 0.